The number of benzene rings is 2. The van der Waals surface area contributed by atoms with E-state index in [0.29, 0.717) is 6.07 Å². The first-order chi connectivity index (χ1) is 15.7. The zero-order valence-corrected chi connectivity index (χ0v) is 19.7. The minimum Gasteiger partial charge on any atom is -0.455 e. The summed E-state index contributed by atoms with van der Waals surface area (Å²) in [5, 5.41) is 1.50. The fourth-order valence-electron chi connectivity index (χ4n) is 2.58. The lowest BCUT2D eigenvalue weighted by atomic mass is 10.1. The molecule has 0 saturated heterocycles. The summed E-state index contributed by atoms with van der Waals surface area (Å²) >= 11 is 0. The van der Waals surface area contributed by atoms with Gasteiger partial charge in [-0.2, -0.15) is 13.2 Å². The van der Waals surface area contributed by atoms with Crippen molar-refractivity contribution in [1.82, 2.24) is 5.32 Å². The Morgan fingerprint density at radius 2 is 1.52 bits per heavy atom. The number of furan rings is 1. The van der Waals surface area contributed by atoms with Crippen molar-refractivity contribution in [2.75, 3.05) is 0 Å². The molecule has 0 aliphatic rings. The van der Waals surface area contributed by atoms with Crippen LogP contribution in [0.25, 0.3) is 11.0 Å². The van der Waals surface area contributed by atoms with Gasteiger partial charge in [0.05, 0.1) is 0 Å². The molecule has 33 heavy (non-hydrogen) atoms. The van der Waals surface area contributed by atoms with Gasteiger partial charge in [-0.1, -0.05) is 59.7 Å². The summed E-state index contributed by atoms with van der Waals surface area (Å²) in [5.41, 5.74) is -0.679. The third-order valence-electron chi connectivity index (χ3n) is 3.80. The lowest BCUT2D eigenvalue weighted by molar-refractivity contribution is -0.159. The zero-order chi connectivity index (χ0) is 25.8. The molecule has 1 N–H and O–H groups in total. The van der Waals surface area contributed by atoms with Crippen molar-refractivity contribution in [3.05, 3.63) is 65.4 Å². The molecule has 0 aliphatic heterocycles. The summed E-state index contributed by atoms with van der Waals surface area (Å²) < 4.78 is 77.5. The molecule has 1 amide bonds. The maximum Gasteiger partial charge on any atom is 0.416 e. The van der Waals surface area contributed by atoms with Gasteiger partial charge in [-0.05, 0) is 25.1 Å². The van der Waals surface area contributed by atoms with Crippen molar-refractivity contribution in [3.63, 3.8) is 0 Å². The van der Waals surface area contributed by atoms with Crippen LogP contribution in [0, 0.1) is 18.6 Å². The fourth-order valence-corrected chi connectivity index (χ4v) is 2.58. The quantitative estimate of drug-likeness (QED) is 0.387. The highest BCUT2D eigenvalue weighted by Gasteiger charge is 2.46. The lowest BCUT2D eigenvalue weighted by Crippen LogP contribution is -2.39. The number of aryl methyl sites for hydroxylation is 1. The molecule has 1 unspecified atom stereocenters. The van der Waals surface area contributed by atoms with Crippen LogP contribution in [-0.2, 0) is 0 Å². The van der Waals surface area contributed by atoms with E-state index in [0.717, 1.165) is 6.07 Å². The van der Waals surface area contributed by atoms with Crippen molar-refractivity contribution in [3.8, 4) is 5.75 Å². The van der Waals surface area contributed by atoms with Crippen LogP contribution in [0.1, 0.15) is 58.9 Å². The predicted octanol–water partition coefficient (Wildman–Crippen LogP) is 8.49. The monoisotopic (exact) mass is 475 g/mol. The number of carbonyl (C=O) groups excluding carboxylic acids is 1. The fraction of sp³-hybridized carbons (Fsp3) is 0.375. The highest BCUT2D eigenvalue weighted by molar-refractivity contribution is 5.83. The van der Waals surface area contributed by atoms with Crippen molar-refractivity contribution < 1.29 is 35.9 Å². The number of halogens is 5. The summed E-state index contributed by atoms with van der Waals surface area (Å²) in [7, 11) is 0. The lowest BCUT2D eigenvalue weighted by Gasteiger charge is -2.20. The van der Waals surface area contributed by atoms with E-state index in [9.17, 15) is 26.7 Å². The maximum atomic E-state index is 13.8. The van der Waals surface area contributed by atoms with Gasteiger partial charge in [0.25, 0.3) is 0 Å². The zero-order valence-electron chi connectivity index (χ0n) is 19.7. The molecule has 3 rings (SSSR count). The minimum atomic E-state index is -4.97. The molecular formula is C24H30F5NO3. The Morgan fingerprint density at radius 1 is 0.970 bits per heavy atom. The minimum absolute atomic E-state index is 0.0327. The number of rotatable bonds is 3. The highest BCUT2D eigenvalue weighted by Crippen LogP contribution is 2.39. The number of hydrogen-bond donors (Lipinski definition) is 1. The van der Waals surface area contributed by atoms with Crippen molar-refractivity contribution in [1.29, 1.82) is 0 Å². The molecule has 0 saturated carbocycles. The molecule has 3 aromatic rings. The smallest absolute Gasteiger partial charge is 0.416 e. The Hall–Kier alpha value is -3.10. The first-order valence-corrected chi connectivity index (χ1v) is 10.6. The number of ether oxygens (including phenoxy) is 1. The second-order valence-corrected chi connectivity index (χ2v) is 5.68. The third-order valence-corrected chi connectivity index (χ3v) is 3.80. The number of carbonyl (C=O) groups is 1. The van der Waals surface area contributed by atoms with Gasteiger partial charge in [0.15, 0.2) is 17.4 Å². The van der Waals surface area contributed by atoms with Gasteiger partial charge in [-0.25, -0.2) is 13.6 Å². The number of nitrogens with one attached hydrogen (secondary N) is 1. The standard InChI is InChI=1S/C18H12F5NO3.3C2H6/c1-9-12-7-10(19)8-13(20)15(12)27-14(9)16(18(21,22)23)24-17(25)26-11-5-3-2-4-6-11;3*1-2/h2-8,16H,1H3,(H,24,25);3*1-2H3. The molecular weight excluding hydrogens is 445 g/mol. The van der Waals surface area contributed by atoms with Crippen LogP contribution in [0.15, 0.2) is 46.9 Å². The van der Waals surface area contributed by atoms with Gasteiger partial charge in [-0.15, -0.1) is 0 Å². The van der Waals surface area contributed by atoms with Crippen LogP contribution in [-0.4, -0.2) is 12.3 Å². The van der Waals surface area contributed by atoms with Crippen LogP contribution < -0.4 is 10.1 Å². The summed E-state index contributed by atoms with van der Waals surface area (Å²) in [5.74, 6) is -2.83. The normalized spacial score (nSPS) is 11.0. The molecule has 2 aromatic carbocycles. The molecule has 1 atom stereocenters. The number of fused-ring (bicyclic) bond motifs is 1. The Morgan fingerprint density at radius 3 is 2.03 bits per heavy atom. The number of amides is 1. The Labute approximate surface area is 190 Å². The average Bonchev–Trinajstić information content (AvgIpc) is 3.12. The highest BCUT2D eigenvalue weighted by atomic mass is 19.4. The van der Waals surface area contributed by atoms with Crippen LogP contribution >= 0.6 is 0 Å². The molecule has 184 valence electrons. The van der Waals surface area contributed by atoms with Crippen LogP contribution in [0.5, 0.6) is 5.75 Å². The number of para-hydroxylation sites is 1. The van der Waals surface area contributed by atoms with E-state index in [1.54, 1.807) is 11.4 Å². The van der Waals surface area contributed by atoms with E-state index >= 15 is 0 Å². The Balaban J connectivity index is 0.00000158. The molecule has 4 nitrogen and oxygen atoms in total. The number of alkyl halides is 3. The second-order valence-electron chi connectivity index (χ2n) is 5.68. The van der Waals surface area contributed by atoms with Crippen molar-refractivity contribution >= 4 is 17.1 Å². The largest absolute Gasteiger partial charge is 0.455 e. The van der Waals surface area contributed by atoms with Gasteiger partial charge in [0, 0.05) is 17.0 Å². The molecule has 1 aromatic heterocycles. The van der Waals surface area contributed by atoms with E-state index in [-0.39, 0.29) is 16.7 Å². The van der Waals surface area contributed by atoms with E-state index in [2.05, 4.69) is 0 Å². The predicted molar refractivity (Wildman–Crippen MR) is 119 cm³/mol. The van der Waals surface area contributed by atoms with Gasteiger partial charge in [0.2, 0.25) is 0 Å². The van der Waals surface area contributed by atoms with E-state index in [1.165, 1.54) is 31.2 Å². The summed E-state index contributed by atoms with van der Waals surface area (Å²) in [6, 6.07) is 6.21. The average molecular weight is 475 g/mol. The molecule has 0 fully saturated rings. The molecule has 0 bridgehead atoms. The summed E-state index contributed by atoms with van der Waals surface area (Å²) in [6.45, 7) is 13.2. The molecule has 0 radical (unpaired) electrons. The third kappa shape index (κ3) is 8.07. The maximum absolute atomic E-state index is 13.8. The summed E-state index contributed by atoms with van der Waals surface area (Å²) in [4.78, 5) is 11.9. The van der Waals surface area contributed by atoms with Gasteiger partial charge >= 0.3 is 12.3 Å². The number of hydrogen-bond acceptors (Lipinski definition) is 3. The first kappa shape index (κ1) is 29.9. The van der Waals surface area contributed by atoms with Gasteiger partial charge in [0.1, 0.15) is 17.3 Å². The Bertz CT molecular complexity index is 985. The van der Waals surface area contributed by atoms with Crippen molar-refractivity contribution in [2.24, 2.45) is 0 Å². The second kappa shape index (κ2) is 14.1. The van der Waals surface area contributed by atoms with E-state index in [1.807, 2.05) is 41.5 Å². The van der Waals surface area contributed by atoms with E-state index < -0.39 is 41.3 Å². The van der Waals surface area contributed by atoms with E-state index in [4.69, 9.17) is 9.15 Å². The van der Waals surface area contributed by atoms with Crippen LogP contribution in [0.2, 0.25) is 0 Å². The molecule has 0 aliphatic carbocycles. The molecule has 0 spiro atoms. The SMILES string of the molecule is CC.CC.CC.Cc1c(C(NC(=O)Oc2ccccc2)C(F)(F)F)oc2c(F)cc(F)cc12. The molecule has 1 heterocycles. The molecule has 9 heteroatoms. The van der Waals surface area contributed by atoms with Gasteiger partial charge < -0.3 is 14.5 Å². The van der Waals surface area contributed by atoms with Crippen LogP contribution in [0.4, 0.5) is 26.7 Å². The first-order valence-electron chi connectivity index (χ1n) is 10.6. The van der Waals surface area contributed by atoms with Crippen molar-refractivity contribution in [2.45, 2.75) is 60.7 Å². The van der Waals surface area contributed by atoms with Crippen LogP contribution in [0.3, 0.4) is 0 Å². The Kier molecular flexibility index (Phi) is 12.8. The summed E-state index contributed by atoms with van der Waals surface area (Å²) in [6.07, 6.45) is -6.35. The van der Waals surface area contributed by atoms with Gasteiger partial charge in [-0.3, -0.25) is 0 Å². The topological polar surface area (TPSA) is 51.5 Å².